The first-order valence-electron chi connectivity index (χ1n) is 9.16. The summed E-state index contributed by atoms with van der Waals surface area (Å²) in [6, 6.07) is 11.9. The third-order valence-electron chi connectivity index (χ3n) is 4.91. The number of hydrogen-bond acceptors (Lipinski definition) is 3. The van der Waals surface area contributed by atoms with E-state index in [0.29, 0.717) is 11.6 Å². The van der Waals surface area contributed by atoms with Crippen molar-refractivity contribution < 1.29 is 4.79 Å². The fourth-order valence-electron chi connectivity index (χ4n) is 3.51. The Labute approximate surface area is 153 Å². The summed E-state index contributed by atoms with van der Waals surface area (Å²) in [5.74, 6) is 0.846. The molecule has 1 aliphatic rings. The summed E-state index contributed by atoms with van der Waals surface area (Å²) < 4.78 is 2.00. The Kier molecular flexibility index (Phi) is 4.78. The number of nitrogens with zero attached hydrogens (tertiary/aromatic N) is 3. The van der Waals surface area contributed by atoms with Crippen LogP contribution in [0.15, 0.2) is 61.2 Å². The smallest absolute Gasteiger partial charge is 0.251 e. The van der Waals surface area contributed by atoms with E-state index in [9.17, 15) is 4.79 Å². The molecule has 1 N–H and O–H groups in total. The number of pyridine rings is 1. The van der Waals surface area contributed by atoms with Gasteiger partial charge in [-0.2, -0.15) is 0 Å². The summed E-state index contributed by atoms with van der Waals surface area (Å²) in [7, 11) is 0. The highest BCUT2D eigenvalue weighted by Gasteiger charge is 2.16. The molecule has 0 unspecified atom stereocenters. The Morgan fingerprint density at radius 2 is 1.85 bits per heavy atom. The van der Waals surface area contributed by atoms with Crippen LogP contribution in [0, 0.1) is 0 Å². The van der Waals surface area contributed by atoms with Gasteiger partial charge in [-0.15, -0.1) is 0 Å². The normalized spacial score (nSPS) is 14.9. The maximum atomic E-state index is 12.5. The second kappa shape index (κ2) is 7.52. The number of imidazole rings is 1. The monoisotopic (exact) mass is 346 g/mol. The van der Waals surface area contributed by atoms with Crippen molar-refractivity contribution in [2.45, 2.75) is 38.1 Å². The number of carbonyl (C=O) groups excluding carboxylic acids is 1. The van der Waals surface area contributed by atoms with Gasteiger partial charge >= 0.3 is 0 Å². The zero-order chi connectivity index (χ0) is 17.8. The molecule has 132 valence electrons. The van der Waals surface area contributed by atoms with E-state index in [0.717, 1.165) is 29.9 Å². The molecule has 0 bridgehead atoms. The summed E-state index contributed by atoms with van der Waals surface area (Å²) >= 11 is 0. The highest BCUT2D eigenvalue weighted by Crippen LogP contribution is 2.21. The van der Waals surface area contributed by atoms with Crippen LogP contribution in [0.25, 0.3) is 17.1 Å². The number of carbonyl (C=O) groups is 1. The van der Waals surface area contributed by atoms with Crippen LogP contribution in [0.2, 0.25) is 0 Å². The number of benzene rings is 1. The lowest BCUT2D eigenvalue weighted by Gasteiger charge is -2.22. The first-order valence-corrected chi connectivity index (χ1v) is 9.16. The summed E-state index contributed by atoms with van der Waals surface area (Å²) in [5.41, 5.74) is 2.62. The van der Waals surface area contributed by atoms with Crippen molar-refractivity contribution in [3.8, 4) is 17.1 Å². The minimum Gasteiger partial charge on any atom is -0.349 e. The Morgan fingerprint density at radius 1 is 1.04 bits per heavy atom. The van der Waals surface area contributed by atoms with Gasteiger partial charge < -0.3 is 5.32 Å². The van der Waals surface area contributed by atoms with Gasteiger partial charge in [0.25, 0.3) is 5.91 Å². The van der Waals surface area contributed by atoms with Crippen molar-refractivity contribution in [3.63, 3.8) is 0 Å². The number of rotatable bonds is 4. The van der Waals surface area contributed by atoms with Crippen molar-refractivity contribution in [1.82, 2.24) is 19.9 Å². The third kappa shape index (κ3) is 3.52. The molecule has 2 heterocycles. The molecule has 26 heavy (non-hydrogen) atoms. The summed E-state index contributed by atoms with van der Waals surface area (Å²) in [6.07, 6.45) is 13.1. The lowest BCUT2D eigenvalue weighted by atomic mass is 9.95. The fourth-order valence-corrected chi connectivity index (χ4v) is 3.51. The van der Waals surface area contributed by atoms with Gasteiger partial charge in [-0.3, -0.25) is 14.3 Å². The molecule has 5 nitrogen and oxygen atoms in total. The fraction of sp³-hybridized carbons (Fsp3) is 0.286. The van der Waals surface area contributed by atoms with E-state index in [2.05, 4.69) is 15.3 Å². The lowest BCUT2D eigenvalue weighted by Crippen LogP contribution is -2.36. The van der Waals surface area contributed by atoms with Gasteiger partial charge in [-0.25, -0.2) is 4.98 Å². The molecule has 0 saturated heterocycles. The molecule has 0 radical (unpaired) electrons. The first kappa shape index (κ1) is 16.5. The van der Waals surface area contributed by atoms with E-state index in [4.69, 9.17) is 0 Å². The van der Waals surface area contributed by atoms with Crippen LogP contribution in [0.3, 0.4) is 0 Å². The van der Waals surface area contributed by atoms with E-state index in [1.165, 1.54) is 19.3 Å². The molecule has 3 aromatic rings. The third-order valence-corrected chi connectivity index (χ3v) is 4.91. The maximum Gasteiger partial charge on any atom is 0.251 e. The number of amides is 1. The molecule has 4 rings (SSSR count). The van der Waals surface area contributed by atoms with Gasteiger partial charge in [0.1, 0.15) is 5.82 Å². The molecule has 2 aromatic heterocycles. The molecule has 1 aliphatic carbocycles. The summed E-state index contributed by atoms with van der Waals surface area (Å²) in [5, 5.41) is 3.16. The van der Waals surface area contributed by atoms with Gasteiger partial charge in [-0.1, -0.05) is 19.3 Å². The van der Waals surface area contributed by atoms with E-state index in [-0.39, 0.29) is 5.91 Å². The highest BCUT2D eigenvalue weighted by atomic mass is 16.1. The second-order valence-electron chi connectivity index (χ2n) is 6.72. The van der Waals surface area contributed by atoms with E-state index in [1.54, 1.807) is 18.6 Å². The Hall–Kier alpha value is -2.95. The van der Waals surface area contributed by atoms with Crippen LogP contribution in [0.4, 0.5) is 0 Å². The predicted octanol–water partition coefficient (Wildman–Crippen LogP) is 4.00. The average molecular weight is 346 g/mol. The van der Waals surface area contributed by atoms with Crippen molar-refractivity contribution in [2.75, 3.05) is 0 Å². The Balaban J connectivity index is 1.52. The summed E-state index contributed by atoms with van der Waals surface area (Å²) in [4.78, 5) is 21.1. The van der Waals surface area contributed by atoms with Gasteiger partial charge in [0, 0.05) is 47.6 Å². The molecule has 1 aromatic carbocycles. The quantitative estimate of drug-likeness (QED) is 0.777. The van der Waals surface area contributed by atoms with E-state index >= 15 is 0 Å². The topological polar surface area (TPSA) is 59.8 Å². The largest absolute Gasteiger partial charge is 0.349 e. The molecule has 0 aliphatic heterocycles. The van der Waals surface area contributed by atoms with Crippen LogP contribution in [-0.4, -0.2) is 26.5 Å². The molecule has 1 fully saturated rings. The number of hydrogen-bond donors (Lipinski definition) is 1. The van der Waals surface area contributed by atoms with Crippen LogP contribution in [0.1, 0.15) is 42.5 Å². The van der Waals surface area contributed by atoms with Gasteiger partial charge in [0.2, 0.25) is 0 Å². The van der Waals surface area contributed by atoms with Gasteiger partial charge in [0.15, 0.2) is 0 Å². The van der Waals surface area contributed by atoms with E-state index in [1.807, 2.05) is 47.2 Å². The molecule has 0 atom stereocenters. The van der Waals surface area contributed by atoms with Gasteiger partial charge in [0.05, 0.1) is 0 Å². The zero-order valence-electron chi connectivity index (χ0n) is 14.6. The van der Waals surface area contributed by atoms with Crippen LogP contribution >= 0.6 is 0 Å². The number of aromatic nitrogens is 3. The standard InChI is InChI=1S/C21H22N4O/c26-21(24-18-6-2-1-3-7-18)16-8-10-19(11-9-16)25-14-13-23-20(25)17-5-4-12-22-15-17/h4-5,8-15,18H,1-3,6-7H2,(H,24,26). The van der Waals surface area contributed by atoms with Crippen molar-refractivity contribution in [2.24, 2.45) is 0 Å². The van der Waals surface area contributed by atoms with Crippen molar-refractivity contribution >= 4 is 5.91 Å². The van der Waals surface area contributed by atoms with Crippen molar-refractivity contribution in [3.05, 3.63) is 66.7 Å². The molecule has 0 spiro atoms. The molecule has 1 amide bonds. The lowest BCUT2D eigenvalue weighted by molar-refractivity contribution is 0.0927. The SMILES string of the molecule is O=C(NC1CCCCC1)c1ccc(-n2ccnc2-c2cccnc2)cc1. The minimum absolute atomic E-state index is 0.0153. The van der Waals surface area contributed by atoms with Crippen molar-refractivity contribution in [1.29, 1.82) is 0 Å². The Morgan fingerprint density at radius 3 is 2.58 bits per heavy atom. The average Bonchev–Trinajstić information content (AvgIpc) is 3.19. The molecular formula is C21H22N4O. The predicted molar refractivity (Wildman–Crippen MR) is 101 cm³/mol. The first-order chi connectivity index (χ1) is 12.8. The molecule has 5 heteroatoms. The van der Waals surface area contributed by atoms with Crippen LogP contribution in [-0.2, 0) is 0 Å². The van der Waals surface area contributed by atoms with Gasteiger partial charge in [-0.05, 0) is 49.2 Å². The Bertz CT molecular complexity index is 865. The van der Waals surface area contributed by atoms with E-state index < -0.39 is 0 Å². The molecule has 1 saturated carbocycles. The summed E-state index contributed by atoms with van der Waals surface area (Å²) in [6.45, 7) is 0. The van der Waals surface area contributed by atoms with Crippen LogP contribution in [0.5, 0.6) is 0 Å². The van der Waals surface area contributed by atoms with Crippen LogP contribution < -0.4 is 5.32 Å². The number of nitrogens with one attached hydrogen (secondary N) is 1. The zero-order valence-corrected chi connectivity index (χ0v) is 14.6. The second-order valence-corrected chi connectivity index (χ2v) is 6.72. The highest BCUT2D eigenvalue weighted by molar-refractivity contribution is 5.94. The maximum absolute atomic E-state index is 12.5. The minimum atomic E-state index is 0.0153. The molecular weight excluding hydrogens is 324 g/mol.